The van der Waals surface area contributed by atoms with E-state index in [-0.39, 0.29) is 0 Å². The van der Waals surface area contributed by atoms with Gasteiger partial charge in [0.15, 0.2) is 0 Å². The molecule has 0 saturated heterocycles. The summed E-state index contributed by atoms with van der Waals surface area (Å²) in [5.41, 5.74) is 0. The summed E-state index contributed by atoms with van der Waals surface area (Å²) in [4.78, 5) is 2.28. The van der Waals surface area contributed by atoms with Gasteiger partial charge in [0.25, 0.3) is 0 Å². The van der Waals surface area contributed by atoms with Crippen LogP contribution in [0.5, 0.6) is 0 Å². The van der Waals surface area contributed by atoms with Crippen LogP contribution in [0.2, 0.25) is 0 Å². The summed E-state index contributed by atoms with van der Waals surface area (Å²) in [6.45, 7) is 4.11. The van der Waals surface area contributed by atoms with Gasteiger partial charge in [-0.05, 0) is 33.4 Å². The Morgan fingerprint density at radius 1 is 1.42 bits per heavy atom. The highest BCUT2D eigenvalue weighted by Crippen LogP contribution is 2.00. The minimum Gasteiger partial charge on any atom is -0.385 e. The first-order valence-electron chi connectivity index (χ1n) is 4.47. The molecule has 0 amide bonds. The minimum absolute atomic E-state index is 0.481. The van der Waals surface area contributed by atoms with Crippen LogP contribution in [0.1, 0.15) is 19.8 Å². The first-order valence-corrected chi connectivity index (χ1v) is 5.01. The van der Waals surface area contributed by atoms with Crippen molar-refractivity contribution >= 4 is 11.6 Å². The van der Waals surface area contributed by atoms with Gasteiger partial charge in [0.05, 0.1) is 0 Å². The Bertz CT molecular complexity index is 101. The Labute approximate surface area is 80.8 Å². The Morgan fingerprint density at radius 2 is 2.08 bits per heavy atom. The maximum atomic E-state index is 5.72. The first-order chi connectivity index (χ1) is 5.72. The number of nitrogens with zero attached hydrogens (tertiary/aromatic N) is 1. The molecule has 0 aliphatic carbocycles. The molecule has 12 heavy (non-hydrogen) atoms. The Morgan fingerprint density at radius 3 is 2.58 bits per heavy atom. The highest BCUT2D eigenvalue weighted by Gasteiger charge is 2.05. The molecule has 3 heteroatoms. The predicted octanol–water partition coefficient (Wildman–Crippen LogP) is 1.97. The molecule has 0 aromatic carbocycles. The standard InChI is InChI=1S/C9H20ClNO/c1-9(8-10)11(2)6-4-5-7-12-3/h9H,4-8H2,1-3H3. The zero-order valence-corrected chi connectivity index (χ0v) is 9.10. The first kappa shape index (κ1) is 12.2. The highest BCUT2D eigenvalue weighted by molar-refractivity contribution is 6.18. The molecule has 1 unspecified atom stereocenters. The molecule has 0 bridgehead atoms. The normalized spacial score (nSPS) is 13.8. The summed E-state index contributed by atoms with van der Waals surface area (Å²) in [7, 11) is 3.85. The Hall–Kier alpha value is 0.210. The van der Waals surface area contributed by atoms with Crippen molar-refractivity contribution in [3.05, 3.63) is 0 Å². The van der Waals surface area contributed by atoms with Gasteiger partial charge in [0, 0.05) is 25.6 Å². The van der Waals surface area contributed by atoms with Crippen molar-refractivity contribution in [2.45, 2.75) is 25.8 Å². The summed E-state index contributed by atoms with van der Waals surface area (Å²) in [6, 6.07) is 0.481. The van der Waals surface area contributed by atoms with Crippen LogP contribution in [-0.4, -0.2) is 44.1 Å². The van der Waals surface area contributed by atoms with E-state index in [0.717, 1.165) is 19.6 Å². The predicted molar refractivity (Wildman–Crippen MR) is 53.9 cm³/mol. The van der Waals surface area contributed by atoms with Crippen molar-refractivity contribution in [1.29, 1.82) is 0 Å². The van der Waals surface area contributed by atoms with E-state index in [1.54, 1.807) is 7.11 Å². The Balaban J connectivity index is 3.24. The topological polar surface area (TPSA) is 12.5 Å². The average molecular weight is 194 g/mol. The number of hydrogen-bond donors (Lipinski definition) is 0. The molecule has 0 heterocycles. The molecule has 0 saturated carbocycles. The quantitative estimate of drug-likeness (QED) is 0.453. The number of halogens is 1. The van der Waals surface area contributed by atoms with Gasteiger partial charge in [-0.25, -0.2) is 0 Å². The number of rotatable bonds is 7. The van der Waals surface area contributed by atoms with Gasteiger partial charge in [0.1, 0.15) is 0 Å². The smallest absolute Gasteiger partial charge is 0.0462 e. The number of hydrogen-bond acceptors (Lipinski definition) is 2. The minimum atomic E-state index is 0.481. The lowest BCUT2D eigenvalue weighted by molar-refractivity contribution is 0.183. The number of unbranched alkanes of at least 4 members (excludes halogenated alkanes) is 1. The molecule has 0 spiro atoms. The molecule has 0 fully saturated rings. The van der Waals surface area contributed by atoms with Crippen LogP contribution in [0.4, 0.5) is 0 Å². The van der Waals surface area contributed by atoms with Gasteiger partial charge in [-0.2, -0.15) is 0 Å². The lowest BCUT2D eigenvalue weighted by Gasteiger charge is -2.22. The summed E-state index contributed by atoms with van der Waals surface area (Å²) >= 11 is 5.72. The molecule has 0 aromatic rings. The van der Waals surface area contributed by atoms with E-state index in [0.29, 0.717) is 11.9 Å². The fraction of sp³-hybridized carbons (Fsp3) is 1.00. The van der Waals surface area contributed by atoms with Crippen molar-refractivity contribution in [3.63, 3.8) is 0 Å². The second-order valence-corrected chi connectivity index (χ2v) is 3.49. The number of alkyl halides is 1. The molecule has 2 nitrogen and oxygen atoms in total. The van der Waals surface area contributed by atoms with Crippen LogP contribution < -0.4 is 0 Å². The summed E-state index contributed by atoms with van der Waals surface area (Å²) < 4.78 is 4.97. The van der Waals surface area contributed by atoms with Crippen LogP contribution >= 0.6 is 11.6 Å². The Kier molecular flexibility index (Phi) is 7.98. The molecule has 0 radical (unpaired) electrons. The molecular weight excluding hydrogens is 174 g/mol. The number of methoxy groups -OCH3 is 1. The van der Waals surface area contributed by atoms with Crippen molar-refractivity contribution in [2.24, 2.45) is 0 Å². The van der Waals surface area contributed by atoms with E-state index in [1.165, 1.54) is 6.42 Å². The van der Waals surface area contributed by atoms with Gasteiger partial charge in [-0.15, -0.1) is 11.6 Å². The fourth-order valence-electron chi connectivity index (χ4n) is 0.946. The monoisotopic (exact) mass is 193 g/mol. The van der Waals surface area contributed by atoms with Gasteiger partial charge in [0.2, 0.25) is 0 Å². The average Bonchev–Trinajstić information content (AvgIpc) is 2.10. The zero-order chi connectivity index (χ0) is 9.40. The molecule has 0 aliphatic rings. The number of ether oxygens (including phenoxy) is 1. The molecule has 0 aliphatic heterocycles. The van der Waals surface area contributed by atoms with E-state index in [1.807, 2.05) is 0 Å². The molecule has 1 atom stereocenters. The van der Waals surface area contributed by atoms with E-state index >= 15 is 0 Å². The van der Waals surface area contributed by atoms with Crippen LogP contribution in [0, 0.1) is 0 Å². The van der Waals surface area contributed by atoms with Gasteiger partial charge in [-0.3, -0.25) is 0 Å². The van der Waals surface area contributed by atoms with E-state index in [2.05, 4.69) is 18.9 Å². The SMILES string of the molecule is COCCCCN(C)C(C)CCl. The van der Waals surface area contributed by atoms with Crippen molar-refractivity contribution < 1.29 is 4.74 Å². The summed E-state index contributed by atoms with van der Waals surface area (Å²) in [6.07, 6.45) is 2.32. The van der Waals surface area contributed by atoms with Crippen LogP contribution in [0.15, 0.2) is 0 Å². The maximum Gasteiger partial charge on any atom is 0.0462 e. The molecule has 0 aromatic heterocycles. The molecular formula is C9H20ClNO. The molecule has 74 valence electrons. The zero-order valence-electron chi connectivity index (χ0n) is 8.35. The maximum absolute atomic E-state index is 5.72. The van der Waals surface area contributed by atoms with Gasteiger partial charge in [-0.1, -0.05) is 0 Å². The largest absolute Gasteiger partial charge is 0.385 e. The van der Waals surface area contributed by atoms with Crippen LogP contribution in [0.25, 0.3) is 0 Å². The third-order valence-electron chi connectivity index (χ3n) is 2.09. The lowest BCUT2D eigenvalue weighted by atomic mass is 10.2. The second-order valence-electron chi connectivity index (χ2n) is 3.18. The van der Waals surface area contributed by atoms with E-state index in [9.17, 15) is 0 Å². The van der Waals surface area contributed by atoms with Crippen molar-refractivity contribution in [2.75, 3.05) is 33.2 Å². The third kappa shape index (κ3) is 5.81. The van der Waals surface area contributed by atoms with E-state index < -0.39 is 0 Å². The molecule has 0 N–H and O–H groups in total. The van der Waals surface area contributed by atoms with E-state index in [4.69, 9.17) is 16.3 Å². The fourth-order valence-corrected chi connectivity index (χ4v) is 1.18. The van der Waals surface area contributed by atoms with Crippen molar-refractivity contribution in [3.8, 4) is 0 Å². The van der Waals surface area contributed by atoms with Crippen molar-refractivity contribution in [1.82, 2.24) is 4.90 Å². The van der Waals surface area contributed by atoms with Crippen LogP contribution in [-0.2, 0) is 4.74 Å². The highest BCUT2D eigenvalue weighted by atomic mass is 35.5. The third-order valence-corrected chi connectivity index (χ3v) is 2.53. The summed E-state index contributed by atoms with van der Waals surface area (Å²) in [5.74, 6) is 0.709. The summed E-state index contributed by atoms with van der Waals surface area (Å²) in [5, 5.41) is 0. The molecule has 0 rings (SSSR count). The second kappa shape index (κ2) is 7.84. The van der Waals surface area contributed by atoms with Gasteiger partial charge >= 0.3 is 0 Å². The van der Waals surface area contributed by atoms with Gasteiger partial charge < -0.3 is 9.64 Å². The lowest BCUT2D eigenvalue weighted by Crippen LogP contribution is -2.31. The van der Waals surface area contributed by atoms with Crippen LogP contribution in [0.3, 0.4) is 0 Å².